The number of pyridine rings is 1. The Morgan fingerprint density at radius 1 is 1.12 bits per heavy atom. The number of aromatic nitrogens is 1. The van der Waals surface area contributed by atoms with Crippen LogP contribution < -0.4 is 5.32 Å². The number of nitrogens with zero attached hydrogens (tertiary/aromatic N) is 3. The first-order chi connectivity index (χ1) is 11.6. The van der Waals surface area contributed by atoms with Crippen molar-refractivity contribution in [2.75, 3.05) is 31.5 Å². The Labute approximate surface area is 149 Å². The zero-order valence-corrected chi connectivity index (χ0v) is 15.1. The van der Waals surface area contributed by atoms with Crippen molar-refractivity contribution in [1.29, 1.82) is 0 Å². The molecule has 0 bridgehead atoms. The molecule has 2 heterocycles. The number of rotatable bonds is 3. The van der Waals surface area contributed by atoms with Crippen molar-refractivity contribution in [3.8, 4) is 0 Å². The molecule has 0 radical (unpaired) electrons. The molecule has 1 aromatic carbocycles. The van der Waals surface area contributed by atoms with Gasteiger partial charge in [-0.15, -0.1) is 0 Å². The fourth-order valence-corrected chi connectivity index (χ4v) is 3.27. The molecule has 2 aromatic rings. The van der Waals surface area contributed by atoms with E-state index in [1.54, 1.807) is 0 Å². The molecule has 4 nitrogen and oxygen atoms in total. The van der Waals surface area contributed by atoms with Gasteiger partial charge in [0.15, 0.2) is 5.11 Å². The maximum Gasteiger partial charge on any atom is 0.173 e. The van der Waals surface area contributed by atoms with E-state index in [9.17, 15) is 0 Å². The van der Waals surface area contributed by atoms with Gasteiger partial charge in [0.2, 0.25) is 0 Å². The van der Waals surface area contributed by atoms with Gasteiger partial charge >= 0.3 is 0 Å². The lowest BCUT2D eigenvalue weighted by atomic mass is 10.1. The summed E-state index contributed by atoms with van der Waals surface area (Å²) in [4.78, 5) is 9.09. The molecule has 1 fully saturated rings. The molecule has 3 rings (SSSR count). The number of nitrogens with one attached hydrogen (secondary N) is 1. The Kier molecular flexibility index (Phi) is 5.43. The number of benzene rings is 1. The van der Waals surface area contributed by atoms with Crippen LogP contribution in [0.4, 0.5) is 5.69 Å². The van der Waals surface area contributed by atoms with E-state index >= 15 is 0 Å². The quantitative estimate of drug-likeness (QED) is 0.867. The molecule has 1 aromatic heterocycles. The van der Waals surface area contributed by atoms with E-state index in [-0.39, 0.29) is 0 Å². The molecular weight excluding hydrogens is 316 g/mol. The Bertz CT molecular complexity index is 694. The van der Waals surface area contributed by atoms with Crippen LogP contribution in [-0.2, 0) is 6.54 Å². The zero-order valence-electron chi connectivity index (χ0n) is 14.3. The van der Waals surface area contributed by atoms with E-state index in [4.69, 9.17) is 12.2 Å². The van der Waals surface area contributed by atoms with E-state index in [2.05, 4.69) is 58.2 Å². The van der Waals surface area contributed by atoms with Crippen molar-refractivity contribution >= 4 is 23.0 Å². The van der Waals surface area contributed by atoms with Crippen LogP contribution in [0.3, 0.4) is 0 Å². The van der Waals surface area contributed by atoms with Gasteiger partial charge in [0.25, 0.3) is 0 Å². The summed E-state index contributed by atoms with van der Waals surface area (Å²) in [6.45, 7) is 9.04. The van der Waals surface area contributed by atoms with Crippen LogP contribution in [0.25, 0.3) is 0 Å². The van der Waals surface area contributed by atoms with E-state index in [0.717, 1.165) is 49.2 Å². The van der Waals surface area contributed by atoms with Crippen LogP contribution in [0.15, 0.2) is 42.6 Å². The highest BCUT2D eigenvalue weighted by Crippen LogP contribution is 2.17. The lowest BCUT2D eigenvalue weighted by Crippen LogP contribution is -2.49. The summed E-state index contributed by atoms with van der Waals surface area (Å²) in [6, 6.07) is 12.5. The second kappa shape index (κ2) is 7.73. The number of piperazine rings is 1. The molecule has 0 spiro atoms. The topological polar surface area (TPSA) is 31.4 Å². The minimum Gasteiger partial charge on any atom is -0.346 e. The van der Waals surface area contributed by atoms with E-state index in [1.807, 2.05) is 18.3 Å². The summed E-state index contributed by atoms with van der Waals surface area (Å²) < 4.78 is 0. The van der Waals surface area contributed by atoms with Crippen LogP contribution in [0.5, 0.6) is 0 Å². The normalized spacial score (nSPS) is 15.3. The summed E-state index contributed by atoms with van der Waals surface area (Å²) in [7, 11) is 0. The van der Waals surface area contributed by atoms with Crippen molar-refractivity contribution in [3.63, 3.8) is 0 Å². The predicted octanol–water partition coefficient (Wildman–Crippen LogP) is 3.21. The molecule has 0 unspecified atom stereocenters. The first-order valence-corrected chi connectivity index (χ1v) is 8.78. The van der Waals surface area contributed by atoms with Crippen molar-refractivity contribution in [2.24, 2.45) is 0 Å². The minimum absolute atomic E-state index is 0.819. The average molecular weight is 340 g/mol. The molecule has 0 atom stereocenters. The summed E-state index contributed by atoms with van der Waals surface area (Å²) in [5.74, 6) is 0. The molecule has 126 valence electrons. The maximum atomic E-state index is 5.60. The van der Waals surface area contributed by atoms with Crippen LogP contribution in [-0.4, -0.2) is 46.1 Å². The van der Waals surface area contributed by atoms with Gasteiger partial charge in [0, 0.05) is 44.6 Å². The third-order valence-electron chi connectivity index (χ3n) is 4.39. The fraction of sp³-hybridized carbons (Fsp3) is 0.368. The third kappa shape index (κ3) is 4.30. The standard InChI is InChI=1S/C19H24N4S/c1-15-6-7-18(16(2)13-15)21-19(24)23-11-9-22(10-12-23)14-17-5-3-4-8-20-17/h3-8,13H,9-12,14H2,1-2H3,(H,21,24). The van der Waals surface area contributed by atoms with Gasteiger partial charge in [0.1, 0.15) is 0 Å². The lowest BCUT2D eigenvalue weighted by molar-refractivity contribution is 0.175. The van der Waals surface area contributed by atoms with Crippen molar-refractivity contribution < 1.29 is 0 Å². The van der Waals surface area contributed by atoms with Gasteiger partial charge in [-0.1, -0.05) is 23.8 Å². The molecule has 24 heavy (non-hydrogen) atoms. The van der Waals surface area contributed by atoms with Gasteiger partial charge in [-0.2, -0.15) is 0 Å². The number of anilines is 1. The summed E-state index contributed by atoms with van der Waals surface area (Å²) in [5.41, 5.74) is 4.72. The van der Waals surface area contributed by atoms with Gasteiger partial charge in [-0.05, 0) is 49.8 Å². The van der Waals surface area contributed by atoms with Crippen molar-refractivity contribution in [3.05, 3.63) is 59.4 Å². The van der Waals surface area contributed by atoms with Crippen molar-refractivity contribution in [1.82, 2.24) is 14.8 Å². The lowest BCUT2D eigenvalue weighted by Gasteiger charge is -2.36. The SMILES string of the molecule is Cc1ccc(NC(=S)N2CCN(Cc3ccccn3)CC2)c(C)c1. The molecule has 5 heteroatoms. The van der Waals surface area contributed by atoms with Crippen LogP contribution >= 0.6 is 12.2 Å². The molecule has 0 amide bonds. The van der Waals surface area contributed by atoms with Gasteiger partial charge in [-0.3, -0.25) is 9.88 Å². The Morgan fingerprint density at radius 3 is 2.58 bits per heavy atom. The summed E-state index contributed by atoms with van der Waals surface area (Å²) in [6.07, 6.45) is 1.86. The fourth-order valence-electron chi connectivity index (χ4n) is 2.98. The first-order valence-electron chi connectivity index (χ1n) is 8.37. The number of hydrogen-bond acceptors (Lipinski definition) is 3. The van der Waals surface area contributed by atoms with Gasteiger partial charge in [0.05, 0.1) is 5.69 Å². The maximum absolute atomic E-state index is 5.60. The van der Waals surface area contributed by atoms with E-state index < -0.39 is 0 Å². The summed E-state index contributed by atoms with van der Waals surface area (Å²) >= 11 is 5.60. The smallest absolute Gasteiger partial charge is 0.173 e. The molecular formula is C19H24N4S. The summed E-state index contributed by atoms with van der Waals surface area (Å²) in [5, 5.41) is 4.22. The minimum atomic E-state index is 0.819. The Hall–Kier alpha value is -1.98. The largest absolute Gasteiger partial charge is 0.346 e. The van der Waals surface area contributed by atoms with Crippen molar-refractivity contribution in [2.45, 2.75) is 20.4 Å². The molecule has 0 saturated carbocycles. The van der Waals surface area contributed by atoms with Crippen LogP contribution in [0, 0.1) is 13.8 Å². The molecule has 1 saturated heterocycles. The first kappa shape index (κ1) is 16.9. The zero-order chi connectivity index (χ0) is 16.9. The van der Waals surface area contributed by atoms with Gasteiger partial charge < -0.3 is 10.2 Å². The van der Waals surface area contributed by atoms with E-state index in [0.29, 0.717) is 0 Å². The number of thiocarbonyl (C=S) groups is 1. The highest BCUT2D eigenvalue weighted by molar-refractivity contribution is 7.80. The second-order valence-electron chi connectivity index (χ2n) is 6.33. The molecule has 0 aliphatic carbocycles. The van der Waals surface area contributed by atoms with Crippen LogP contribution in [0.2, 0.25) is 0 Å². The van der Waals surface area contributed by atoms with E-state index in [1.165, 1.54) is 11.1 Å². The highest BCUT2D eigenvalue weighted by Gasteiger charge is 2.19. The monoisotopic (exact) mass is 340 g/mol. The molecule has 1 aliphatic heterocycles. The third-order valence-corrected chi connectivity index (χ3v) is 4.76. The Morgan fingerprint density at radius 2 is 1.92 bits per heavy atom. The van der Waals surface area contributed by atoms with Gasteiger partial charge in [-0.25, -0.2) is 0 Å². The number of hydrogen-bond donors (Lipinski definition) is 1. The number of aryl methyl sites for hydroxylation is 2. The second-order valence-corrected chi connectivity index (χ2v) is 6.72. The average Bonchev–Trinajstić information content (AvgIpc) is 2.59. The molecule has 1 N–H and O–H groups in total. The van der Waals surface area contributed by atoms with Crippen LogP contribution in [0.1, 0.15) is 16.8 Å². The Balaban J connectivity index is 1.51. The molecule has 1 aliphatic rings. The highest BCUT2D eigenvalue weighted by atomic mass is 32.1. The predicted molar refractivity (Wildman–Crippen MR) is 103 cm³/mol.